The molecule has 8 heteroatoms. The van der Waals surface area contributed by atoms with Crippen LogP contribution in [0.1, 0.15) is 33.8 Å². The summed E-state index contributed by atoms with van der Waals surface area (Å²) in [5.74, 6) is 0.631. The van der Waals surface area contributed by atoms with E-state index in [2.05, 4.69) is 25.5 Å². The third kappa shape index (κ3) is 4.43. The smallest absolute Gasteiger partial charge is 0.262 e. The lowest BCUT2D eigenvalue weighted by Crippen LogP contribution is -2.26. The average molecular weight is 418 g/mol. The van der Waals surface area contributed by atoms with Crippen LogP contribution < -0.4 is 10.6 Å². The molecule has 3 rings (SSSR count). The van der Waals surface area contributed by atoms with E-state index in [9.17, 15) is 4.79 Å². The topological polar surface area (TPSA) is 70.1 Å². The van der Waals surface area contributed by atoms with Crippen LogP contribution in [0.2, 0.25) is 5.02 Å². The van der Waals surface area contributed by atoms with Crippen molar-refractivity contribution in [3.8, 4) is 0 Å². The molecule has 148 valence electrons. The van der Waals surface area contributed by atoms with Gasteiger partial charge in [0.1, 0.15) is 17.0 Å². The monoisotopic (exact) mass is 417 g/mol. The van der Waals surface area contributed by atoms with Crippen molar-refractivity contribution < 1.29 is 4.79 Å². The highest BCUT2D eigenvalue weighted by molar-refractivity contribution is 7.20. The van der Waals surface area contributed by atoms with Gasteiger partial charge in [-0.2, -0.15) is 0 Å². The predicted molar refractivity (Wildman–Crippen MR) is 117 cm³/mol. The summed E-state index contributed by atoms with van der Waals surface area (Å²) in [6.45, 7) is 5.51. The molecule has 0 radical (unpaired) electrons. The predicted octanol–water partition coefficient (Wildman–Crippen LogP) is 4.12. The minimum absolute atomic E-state index is 0.132. The number of aromatic nitrogens is 2. The van der Waals surface area contributed by atoms with Crippen LogP contribution in [0.25, 0.3) is 10.2 Å². The number of hydrogen-bond acceptors (Lipinski definition) is 6. The summed E-state index contributed by atoms with van der Waals surface area (Å²) in [7, 11) is 4.05. The number of carbonyl (C=O) groups excluding carboxylic acids is 1. The van der Waals surface area contributed by atoms with Crippen LogP contribution in [0, 0.1) is 6.92 Å². The van der Waals surface area contributed by atoms with Gasteiger partial charge in [0.2, 0.25) is 0 Å². The normalized spacial score (nSPS) is 12.4. The van der Waals surface area contributed by atoms with Crippen molar-refractivity contribution in [1.82, 2.24) is 20.2 Å². The van der Waals surface area contributed by atoms with E-state index in [0.717, 1.165) is 40.3 Å². The van der Waals surface area contributed by atoms with E-state index in [1.165, 1.54) is 17.7 Å². The van der Waals surface area contributed by atoms with Gasteiger partial charge in [0.05, 0.1) is 16.3 Å². The summed E-state index contributed by atoms with van der Waals surface area (Å²) in [6.07, 6.45) is 1.53. The summed E-state index contributed by atoms with van der Waals surface area (Å²) in [6, 6.07) is 7.33. The van der Waals surface area contributed by atoms with Crippen molar-refractivity contribution in [2.24, 2.45) is 0 Å². The molecule has 3 aromatic rings. The largest absolute Gasteiger partial charge is 0.368 e. The van der Waals surface area contributed by atoms with Crippen molar-refractivity contribution >= 4 is 44.9 Å². The van der Waals surface area contributed by atoms with E-state index < -0.39 is 0 Å². The Hall–Kier alpha value is -2.22. The molecule has 2 aromatic heterocycles. The number of nitrogens with zero attached hydrogens (tertiary/aromatic N) is 3. The first-order valence-corrected chi connectivity index (χ1v) is 10.3. The summed E-state index contributed by atoms with van der Waals surface area (Å²) in [5.41, 5.74) is 1.78. The lowest BCUT2D eigenvalue weighted by atomic mass is 10.1. The van der Waals surface area contributed by atoms with Crippen molar-refractivity contribution in [3.05, 3.63) is 51.6 Å². The van der Waals surface area contributed by atoms with Crippen LogP contribution in [0.4, 0.5) is 5.82 Å². The Morgan fingerprint density at radius 1 is 1.29 bits per heavy atom. The highest BCUT2D eigenvalue weighted by atomic mass is 35.5. The molecule has 0 saturated heterocycles. The number of aryl methyl sites for hydroxylation is 1. The standard InChI is InChI=1S/C20H24ClN5OS/c1-12-16-18(22-9-10-26(3)4)23-11-24-20(16)28-17(12)19(27)25-13(2)14-7-5-6-8-15(14)21/h5-8,11,13H,9-10H2,1-4H3,(H,25,27)(H,22,23,24). The number of likely N-dealkylation sites (N-methyl/N-ethyl adjacent to an activating group) is 1. The number of amides is 1. The first-order chi connectivity index (χ1) is 13.4. The Morgan fingerprint density at radius 3 is 2.75 bits per heavy atom. The Kier molecular flexibility index (Phi) is 6.49. The van der Waals surface area contributed by atoms with Crippen molar-refractivity contribution in [3.63, 3.8) is 0 Å². The Balaban J connectivity index is 1.84. The summed E-state index contributed by atoms with van der Waals surface area (Å²) in [4.78, 5) is 25.2. The Labute approximate surface area is 173 Å². The summed E-state index contributed by atoms with van der Waals surface area (Å²) in [5, 5.41) is 7.94. The van der Waals surface area contributed by atoms with Gasteiger partial charge in [0.15, 0.2) is 0 Å². The SMILES string of the molecule is Cc1c(C(=O)NC(C)c2ccccc2Cl)sc2ncnc(NCCN(C)C)c12. The van der Waals surface area contributed by atoms with E-state index in [4.69, 9.17) is 11.6 Å². The molecule has 28 heavy (non-hydrogen) atoms. The molecule has 0 aliphatic heterocycles. The minimum atomic E-state index is -0.199. The van der Waals surface area contributed by atoms with E-state index in [-0.39, 0.29) is 11.9 Å². The minimum Gasteiger partial charge on any atom is -0.368 e. The van der Waals surface area contributed by atoms with E-state index in [1.54, 1.807) is 0 Å². The van der Waals surface area contributed by atoms with E-state index in [0.29, 0.717) is 9.90 Å². The highest BCUT2D eigenvalue weighted by Gasteiger charge is 2.21. The van der Waals surface area contributed by atoms with Crippen molar-refractivity contribution in [2.45, 2.75) is 19.9 Å². The zero-order valence-electron chi connectivity index (χ0n) is 16.4. The third-order valence-electron chi connectivity index (χ3n) is 4.50. The fourth-order valence-corrected chi connectivity index (χ4v) is 4.34. The van der Waals surface area contributed by atoms with Crippen LogP contribution >= 0.6 is 22.9 Å². The summed E-state index contributed by atoms with van der Waals surface area (Å²) < 4.78 is 0. The number of fused-ring (bicyclic) bond motifs is 1. The number of hydrogen-bond donors (Lipinski definition) is 2. The second kappa shape index (κ2) is 8.86. The zero-order chi connectivity index (χ0) is 20.3. The first kappa shape index (κ1) is 20.5. The number of anilines is 1. The molecule has 2 N–H and O–H groups in total. The molecule has 0 saturated carbocycles. The molecular formula is C20H24ClN5OS. The van der Waals surface area contributed by atoms with Gasteiger partial charge in [0.25, 0.3) is 5.91 Å². The van der Waals surface area contributed by atoms with Gasteiger partial charge in [-0.1, -0.05) is 29.8 Å². The number of benzene rings is 1. The van der Waals surface area contributed by atoms with E-state index in [1.807, 2.05) is 52.2 Å². The lowest BCUT2D eigenvalue weighted by molar-refractivity contribution is 0.0943. The van der Waals surface area contributed by atoms with Gasteiger partial charge in [-0.05, 0) is 45.1 Å². The number of thiophene rings is 1. The highest BCUT2D eigenvalue weighted by Crippen LogP contribution is 2.33. The van der Waals surface area contributed by atoms with Crippen LogP contribution in [-0.2, 0) is 0 Å². The molecule has 0 fully saturated rings. The van der Waals surface area contributed by atoms with Crippen LogP contribution in [0.3, 0.4) is 0 Å². The molecule has 1 unspecified atom stereocenters. The molecule has 6 nitrogen and oxygen atoms in total. The fraction of sp³-hybridized carbons (Fsp3) is 0.350. The van der Waals surface area contributed by atoms with Gasteiger partial charge in [-0.15, -0.1) is 11.3 Å². The Bertz CT molecular complexity index is 988. The van der Waals surface area contributed by atoms with Gasteiger partial charge in [0, 0.05) is 18.1 Å². The number of rotatable bonds is 7. The molecule has 1 atom stereocenters. The first-order valence-electron chi connectivity index (χ1n) is 9.06. The average Bonchev–Trinajstić information content (AvgIpc) is 2.99. The molecule has 0 aliphatic carbocycles. The number of nitrogens with one attached hydrogen (secondary N) is 2. The fourth-order valence-electron chi connectivity index (χ4n) is 2.99. The second-order valence-corrected chi connectivity index (χ2v) is 8.31. The van der Waals surface area contributed by atoms with Gasteiger partial charge in [-0.25, -0.2) is 9.97 Å². The number of carbonyl (C=O) groups is 1. The van der Waals surface area contributed by atoms with Gasteiger partial charge in [-0.3, -0.25) is 4.79 Å². The molecule has 0 bridgehead atoms. The molecule has 2 heterocycles. The quantitative estimate of drug-likeness (QED) is 0.605. The molecular weight excluding hydrogens is 394 g/mol. The second-order valence-electron chi connectivity index (χ2n) is 6.91. The summed E-state index contributed by atoms with van der Waals surface area (Å²) >= 11 is 7.64. The van der Waals surface area contributed by atoms with Gasteiger partial charge >= 0.3 is 0 Å². The van der Waals surface area contributed by atoms with Crippen LogP contribution in [0.15, 0.2) is 30.6 Å². The maximum atomic E-state index is 12.9. The third-order valence-corrected chi connectivity index (χ3v) is 6.05. The maximum absolute atomic E-state index is 12.9. The lowest BCUT2D eigenvalue weighted by Gasteiger charge is -2.15. The Morgan fingerprint density at radius 2 is 2.04 bits per heavy atom. The zero-order valence-corrected chi connectivity index (χ0v) is 18.0. The van der Waals surface area contributed by atoms with Crippen LogP contribution in [-0.4, -0.2) is 48.0 Å². The van der Waals surface area contributed by atoms with Crippen LogP contribution in [0.5, 0.6) is 0 Å². The van der Waals surface area contributed by atoms with E-state index >= 15 is 0 Å². The number of halogens is 1. The van der Waals surface area contributed by atoms with Gasteiger partial charge < -0.3 is 15.5 Å². The van der Waals surface area contributed by atoms with Crippen molar-refractivity contribution in [1.29, 1.82) is 0 Å². The maximum Gasteiger partial charge on any atom is 0.262 e. The molecule has 0 spiro atoms. The molecule has 1 aromatic carbocycles. The van der Waals surface area contributed by atoms with Crippen molar-refractivity contribution in [2.75, 3.05) is 32.5 Å². The molecule has 1 amide bonds. The molecule has 0 aliphatic rings.